The van der Waals surface area contributed by atoms with Crippen LogP contribution >= 0.6 is 11.6 Å². The lowest BCUT2D eigenvalue weighted by molar-refractivity contribution is 0.586. The molecule has 0 saturated heterocycles. The molecule has 72 valence electrons. The summed E-state index contributed by atoms with van der Waals surface area (Å²) in [6.07, 6.45) is 1.39. The second-order valence-electron chi connectivity index (χ2n) is 2.63. The highest BCUT2D eigenvalue weighted by Crippen LogP contribution is 2.18. The number of primary sulfonamides is 1. The van der Waals surface area contributed by atoms with Gasteiger partial charge in [-0.25, -0.2) is 13.6 Å². The van der Waals surface area contributed by atoms with Crippen molar-refractivity contribution in [2.75, 3.05) is 0 Å². The molecule has 13 heavy (non-hydrogen) atoms. The summed E-state index contributed by atoms with van der Waals surface area (Å²) in [5.41, 5.74) is 0.395. The van der Waals surface area contributed by atoms with Gasteiger partial charge in [0.1, 0.15) is 5.25 Å². The summed E-state index contributed by atoms with van der Waals surface area (Å²) in [7, 11) is -3.57. The monoisotopic (exact) mass is 220 g/mol. The van der Waals surface area contributed by atoms with Gasteiger partial charge in [0.15, 0.2) is 0 Å². The van der Waals surface area contributed by atoms with Crippen molar-refractivity contribution in [1.82, 2.24) is 4.98 Å². The molecule has 1 rings (SSSR count). The van der Waals surface area contributed by atoms with Crippen LogP contribution in [0.4, 0.5) is 0 Å². The van der Waals surface area contributed by atoms with Gasteiger partial charge in [0, 0.05) is 6.20 Å². The third-order valence-corrected chi connectivity index (χ3v) is 3.11. The van der Waals surface area contributed by atoms with Gasteiger partial charge < -0.3 is 0 Å². The van der Waals surface area contributed by atoms with Crippen LogP contribution in [0.3, 0.4) is 0 Å². The Morgan fingerprint density at radius 2 is 2.15 bits per heavy atom. The molecule has 0 aliphatic carbocycles. The number of aromatic nitrogens is 1. The molecule has 0 amide bonds. The van der Waals surface area contributed by atoms with Crippen molar-refractivity contribution >= 4 is 21.6 Å². The summed E-state index contributed by atoms with van der Waals surface area (Å²) in [4.78, 5) is 3.85. The third-order valence-electron chi connectivity index (χ3n) is 1.66. The van der Waals surface area contributed by atoms with E-state index in [1.165, 1.54) is 19.2 Å². The van der Waals surface area contributed by atoms with Crippen LogP contribution < -0.4 is 5.14 Å². The highest BCUT2D eigenvalue weighted by atomic mass is 35.5. The maximum atomic E-state index is 10.9. The van der Waals surface area contributed by atoms with Crippen LogP contribution in [-0.4, -0.2) is 13.4 Å². The second kappa shape index (κ2) is 3.61. The second-order valence-corrected chi connectivity index (χ2v) is 4.95. The lowest BCUT2D eigenvalue weighted by atomic mass is 10.3. The number of hydrogen-bond acceptors (Lipinski definition) is 3. The van der Waals surface area contributed by atoms with Gasteiger partial charge in [0.05, 0.1) is 10.7 Å². The Bertz CT molecular complexity index is 387. The van der Waals surface area contributed by atoms with E-state index < -0.39 is 15.3 Å². The van der Waals surface area contributed by atoms with E-state index in [9.17, 15) is 8.42 Å². The quantitative estimate of drug-likeness (QED) is 0.811. The Morgan fingerprint density at radius 3 is 2.54 bits per heavy atom. The normalized spacial score (nSPS) is 14.1. The number of nitrogens with two attached hydrogens (primary N) is 1. The average molecular weight is 221 g/mol. The van der Waals surface area contributed by atoms with Crippen molar-refractivity contribution in [2.45, 2.75) is 12.2 Å². The molecule has 0 saturated carbocycles. The topological polar surface area (TPSA) is 73.0 Å². The highest BCUT2D eigenvalue weighted by molar-refractivity contribution is 7.89. The number of sulfonamides is 1. The molecule has 2 N–H and O–H groups in total. The summed E-state index contributed by atoms with van der Waals surface area (Å²) in [5.74, 6) is 0. The predicted octanol–water partition coefficient (Wildman–Crippen LogP) is 1.08. The fraction of sp³-hybridized carbons (Fsp3) is 0.286. The molecule has 1 atom stereocenters. The molecule has 4 nitrogen and oxygen atoms in total. The Kier molecular flexibility index (Phi) is 2.90. The Hall–Kier alpha value is -0.650. The summed E-state index contributed by atoms with van der Waals surface area (Å²) >= 11 is 5.59. The number of pyridine rings is 1. The van der Waals surface area contributed by atoms with Crippen LogP contribution in [0.2, 0.25) is 5.02 Å². The first kappa shape index (κ1) is 10.4. The van der Waals surface area contributed by atoms with E-state index in [0.29, 0.717) is 10.7 Å². The first-order valence-corrected chi connectivity index (χ1v) is 5.53. The van der Waals surface area contributed by atoms with Crippen molar-refractivity contribution in [3.05, 3.63) is 29.0 Å². The van der Waals surface area contributed by atoms with E-state index >= 15 is 0 Å². The molecule has 1 heterocycles. The first-order valence-electron chi connectivity index (χ1n) is 3.54. The molecule has 0 aliphatic heterocycles. The smallest absolute Gasteiger partial charge is 0.217 e. The fourth-order valence-corrected chi connectivity index (χ4v) is 1.38. The Labute approximate surface area is 81.8 Å². The van der Waals surface area contributed by atoms with Gasteiger partial charge >= 0.3 is 0 Å². The number of halogens is 1. The molecule has 1 aromatic heterocycles. The average Bonchev–Trinajstić information content (AvgIpc) is 2.03. The zero-order valence-corrected chi connectivity index (χ0v) is 8.51. The predicted molar refractivity (Wildman–Crippen MR) is 50.8 cm³/mol. The van der Waals surface area contributed by atoms with E-state index in [1.807, 2.05) is 0 Å². The van der Waals surface area contributed by atoms with E-state index in [1.54, 1.807) is 6.07 Å². The number of hydrogen-bond donors (Lipinski definition) is 1. The molecule has 6 heteroatoms. The van der Waals surface area contributed by atoms with E-state index in [-0.39, 0.29) is 0 Å². The number of rotatable bonds is 2. The summed E-state index contributed by atoms with van der Waals surface area (Å²) in [6.45, 7) is 1.48. The maximum absolute atomic E-state index is 10.9. The van der Waals surface area contributed by atoms with Gasteiger partial charge in [-0.3, -0.25) is 4.98 Å². The molecule has 1 unspecified atom stereocenters. The first-order chi connectivity index (χ1) is 5.91. The van der Waals surface area contributed by atoms with Crippen LogP contribution in [0.1, 0.15) is 17.9 Å². The van der Waals surface area contributed by atoms with E-state index in [2.05, 4.69) is 4.98 Å². The lowest BCUT2D eigenvalue weighted by Crippen LogP contribution is -2.19. The van der Waals surface area contributed by atoms with Gasteiger partial charge in [0.2, 0.25) is 10.0 Å². The molecule has 0 aromatic carbocycles. The van der Waals surface area contributed by atoms with Crippen molar-refractivity contribution in [3.8, 4) is 0 Å². The number of nitrogens with zero attached hydrogens (tertiary/aromatic N) is 1. The summed E-state index contributed by atoms with van der Waals surface area (Å²) < 4.78 is 21.8. The van der Waals surface area contributed by atoms with Crippen LogP contribution in [0, 0.1) is 0 Å². The van der Waals surface area contributed by atoms with Crippen LogP contribution in [-0.2, 0) is 10.0 Å². The van der Waals surface area contributed by atoms with Gasteiger partial charge in [-0.15, -0.1) is 0 Å². The minimum absolute atomic E-state index is 0.395. The SMILES string of the molecule is CC(c1ccc(Cl)cn1)S(N)(=O)=O. The molecule has 0 radical (unpaired) electrons. The van der Waals surface area contributed by atoms with Crippen molar-refractivity contribution < 1.29 is 8.42 Å². The van der Waals surface area contributed by atoms with Crippen LogP contribution in [0.25, 0.3) is 0 Å². The van der Waals surface area contributed by atoms with Crippen molar-refractivity contribution in [2.24, 2.45) is 5.14 Å². The largest absolute Gasteiger partial charge is 0.258 e. The van der Waals surface area contributed by atoms with E-state index in [0.717, 1.165) is 0 Å². The van der Waals surface area contributed by atoms with Crippen LogP contribution in [0.5, 0.6) is 0 Å². The standard InChI is InChI=1S/C7H9ClN2O2S/c1-5(13(9,11)12)7-3-2-6(8)4-10-7/h2-5H,1H3,(H2,9,11,12). The molecule has 0 fully saturated rings. The molecular formula is C7H9ClN2O2S. The van der Waals surface area contributed by atoms with Gasteiger partial charge in [-0.05, 0) is 19.1 Å². The highest BCUT2D eigenvalue weighted by Gasteiger charge is 2.18. The minimum Gasteiger partial charge on any atom is -0.258 e. The zero-order chi connectivity index (χ0) is 10.1. The molecule has 0 aliphatic rings. The van der Waals surface area contributed by atoms with Crippen molar-refractivity contribution in [3.63, 3.8) is 0 Å². The Morgan fingerprint density at radius 1 is 1.54 bits per heavy atom. The zero-order valence-electron chi connectivity index (χ0n) is 6.94. The molecular weight excluding hydrogens is 212 g/mol. The maximum Gasteiger partial charge on any atom is 0.217 e. The van der Waals surface area contributed by atoms with Gasteiger partial charge in [0.25, 0.3) is 0 Å². The van der Waals surface area contributed by atoms with Gasteiger partial charge in [-0.1, -0.05) is 11.6 Å². The molecule has 0 bridgehead atoms. The van der Waals surface area contributed by atoms with Crippen molar-refractivity contribution in [1.29, 1.82) is 0 Å². The fourth-order valence-electron chi connectivity index (χ4n) is 0.796. The summed E-state index contributed by atoms with van der Waals surface area (Å²) in [6, 6.07) is 3.11. The lowest BCUT2D eigenvalue weighted by Gasteiger charge is -2.07. The molecule has 1 aromatic rings. The molecule has 0 spiro atoms. The summed E-state index contributed by atoms with van der Waals surface area (Å²) in [5, 5.41) is 4.61. The third kappa shape index (κ3) is 2.65. The van der Waals surface area contributed by atoms with E-state index in [4.69, 9.17) is 16.7 Å². The van der Waals surface area contributed by atoms with Gasteiger partial charge in [-0.2, -0.15) is 0 Å². The Balaban J connectivity index is 3.04. The minimum atomic E-state index is -3.57. The van der Waals surface area contributed by atoms with Crippen LogP contribution in [0.15, 0.2) is 18.3 Å².